The van der Waals surface area contributed by atoms with Crippen LogP contribution >= 0.6 is 0 Å². The van der Waals surface area contributed by atoms with Crippen molar-refractivity contribution in [1.29, 1.82) is 0 Å². The summed E-state index contributed by atoms with van der Waals surface area (Å²) < 4.78 is 5.43. The maximum absolute atomic E-state index is 11.9. The number of carbonyl (C=O) groups is 1. The highest BCUT2D eigenvalue weighted by Gasteiger charge is 2.26. The number of carbonyl (C=O) groups excluding carboxylic acids is 1. The summed E-state index contributed by atoms with van der Waals surface area (Å²) in [5.41, 5.74) is 7.80. The Hall–Kier alpha value is -1.55. The maximum atomic E-state index is 11.9. The van der Waals surface area contributed by atoms with Gasteiger partial charge in [0.15, 0.2) is 0 Å². The molecule has 1 heterocycles. The van der Waals surface area contributed by atoms with Gasteiger partial charge >= 0.3 is 0 Å². The average molecular weight is 262 g/mol. The lowest BCUT2D eigenvalue weighted by atomic mass is 9.94. The smallest absolute Gasteiger partial charge is 0.223 e. The summed E-state index contributed by atoms with van der Waals surface area (Å²) in [6, 6.07) is 5.99. The third-order valence-electron chi connectivity index (χ3n) is 3.80. The second-order valence-corrected chi connectivity index (χ2v) is 5.07. The second kappa shape index (κ2) is 6.06. The number of methoxy groups -OCH3 is 1. The Morgan fingerprint density at radius 1 is 1.53 bits per heavy atom. The quantitative estimate of drug-likeness (QED) is 0.906. The van der Waals surface area contributed by atoms with Crippen molar-refractivity contribution in [2.45, 2.75) is 26.2 Å². The largest absolute Gasteiger partial charge is 0.495 e. The van der Waals surface area contributed by atoms with E-state index in [1.165, 1.54) is 5.56 Å². The number of nitrogens with two attached hydrogens (primary N) is 1. The van der Waals surface area contributed by atoms with Crippen LogP contribution in [0, 0.1) is 5.92 Å². The molecule has 1 aliphatic rings. The number of fused-ring (bicyclic) bond motifs is 1. The minimum absolute atomic E-state index is 0.0687. The molecule has 2 rings (SSSR count). The van der Waals surface area contributed by atoms with E-state index >= 15 is 0 Å². The van der Waals surface area contributed by atoms with Crippen LogP contribution < -0.4 is 15.4 Å². The van der Waals surface area contributed by atoms with Gasteiger partial charge in [0.05, 0.1) is 12.8 Å². The molecule has 4 nitrogen and oxygen atoms in total. The molecule has 1 aromatic carbocycles. The molecule has 1 atom stereocenters. The van der Waals surface area contributed by atoms with E-state index in [1.807, 2.05) is 17.0 Å². The van der Waals surface area contributed by atoms with Crippen molar-refractivity contribution in [3.05, 3.63) is 23.8 Å². The van der Waals surface area contributed by atoms with E-state index in [4.69, 9.17) is 10.5 Å². The molecule has 0 saturated heterocycles. The fourth-order valence-electron chi connectivity index (χ4n) is 2.84. The first-order valence-electron chi connectivity index (χ1n) is 6.81. The first-order valence-corrected chi connectivity index (χ1v) is 6.81. The monoisotopic (exact) mass is 262 g/mol. The van der Waals surface area contributed by atoms with Crippen LogP contribution in [0.1, 0.15) is 25.3 Å². The molecule has 0 radical (unpaired) electrons. The van der Waals surface area contributed by atoms with Crippen LogP contribution in [-0.2, 0) is 11.2 Å². The third-order valence-corrected chi connectivity index (χ3v) is 3.80. The molecule has 0 fully saturated rings. The number of hydrogen-bond acceptors (Lipinski definition) is 3. The Morgan fingerprint density at radius 2 is 2.32 bits per heavy atom. The van der Waals surface area contributed by atoms with Crippen LogP contribution in [0.25, 0.3) is 0 Å². The minimum Gasteiger partial charge on any atom is -0.495 e. The van der Waals surface area contributed by atoms with E-state index in [2.05, 4.69) is 6.07 Å². The number of ether oxygens (including phenoxy) is 1. The van der Waals surface area contributed by atoms with Crippen LogP contribution in [0.4, 0.5) is 5.69 Å². The van der Waals surface area contributed by atoms with E-state index < -0.39 is 0 Å². The summed E-state index contributed by atoms with van der Waals surface area (Å²) in [7, 11) is 1.65. The van der Waals surface area contributed by atoms with Gasteiger partial charge in [0.2, 0.25) is 5.91 Å². The number of anilines is 1. The van der Waals surface area contributed by atoms with Crippen molar-refractivity contribution in [2.24, 2.45) is 11.7 Å². The Bertz CT molecular complexity index is 459. The summed E-state index contributed by atoms with van der Waals surface area (Å²) >= 11 is 0. The van der Waals surface area contributed by atoms with Gasteiger partial charge in [0.25, 0.3) is 0 Å². The standard InChI is InChI=1S/C15H22N2O2/c1-11(18)17-9-7-12(6-8-16)10-13-4-3-5-14(19-2)15(13)17/h3-5,12H,6-10,16H2,1-2H3. The van der Waals surface area contributed by atoms with E-state index in [9.17, 15) is 4.79 Å². The summed E-state index contributed by atoms with van der Waals surface area (Å²) in [5, 5.41) is 0. The summed E-state index contributed by atoms with van der Waals surface area (Å²) in [5.74, 6) is 1.39. The van der Waals surface area contributed by atoms with Crippen molar-refractivity contribution in [3.8, 4) is 5.75 Å². The summed E-state index contributed by atoms with van der Waals surface area (Å²) in [6.07, 6.45) is 2.96. The van der Waals surface area contributed by atoms with Crippen molar-refractivity contribution >= 4 is 11.6 Å². The number of amides is 1. The Morgan fingerprint density at radius 3 is 2.95 bits per heavy atom. The highest BCUT2D eigenvalue weighted by Crippen LogP contribution is 2.37. The van der Waals surface area contributed by atoms with Crippen LogP contribution in [0.3, 0.4) is 0 Å². The SMILES string of the molecule is COc1cccc2c1N(C(C)=O)CCC(CCN)C2. The highest BCUT2D eigenvalue weighted by molar-refractivity contribution is 5.94. The number of hydrogen-bond donors (Lipinski definition) is 1. The van der Waals surface area contributed by atoms with Crippen molar-refractivity contribution in [2.75, 3.05) is 25.1 Å². The van der Waals surface area contributed by atoms with Crippen molar-refractivity contribution in [1.82, 2.24) is 0 Å². The average Bonchev–Trinajstić information content (AvgIpc) is 2.57. The molecular weight excluding hydrogens is 240 g/mol. The summed E-state index contributed by atoms with van der Waals surface area (Å²) in [6.45, 7) is 3.05. The zero-order valence-electron chi connectivity index (χ0n) is 11.7. The molecule has 1 unspecified atom stereocenters. The number of para-hydroxylation sites is 1. The van der Waals surface area contributed by atoms with E-state index in [0.717, 1.165) is 37.2 Å². The summed E-state index contributed by atoms with van der Waals surface area (Å²) in [4.78, 5) is 13.7. The molecule has 0 aliphatic carbocycles. The van der Waals surface area contributed by atoms with Gasteiger partial charge in [-0.05, 0) is 43.4 Å². The predicted octanol–water partition coefficient (Wildman–Crippen LogP) is 1.96. The van der Waals surface area contributed by atoms with E-state index in [-0.39, 0.29) is 5.91 Å². The van der Waals surface area contributed by atoms with Gasteiger partial charge in [-0.3, -0.25) is 4.79 Å². The third kappa shape index (κ3) is 2.89. The molecule has 1 aliphatic heterocycles. The zero-order chi connectivity index (χ0) is 13.8. The maximum Gasteiger partial charge on any atom is 0.223 e. The van der Waals surface area contributed by atoms with Crippen LogP contribution in [0.2, 0.25) is 0 Å². The molecule has 19 heavy (non-hydrogen) atoms. The van der Waals surface area contributed by atoms with Gasteiger partial charge in [-0.2, -0.15) is 0 Å². The number of nitrogens with zero attached hydrogens (tertiary/aromatic N) is 1. The topological polar surface area (TPSA) is 55.6 Å². The van der Waals surface area contributed by atoms with Crippen LogP contribution in [0.15, 0.2) is 18.2 Å². The predicted molar refractivity (Wildman–Crippen MR) is 76.5 cm³/mol. The molecular formula is C15H22N2O2. The van der Waals surface area contributed by atoms with Gasteiger partial charge in [0.1, 0.15) is 5.75 Å². The van der Waals surface area contributed by atoms with Gasteiger partial charge in [-0.1, -0.05) is 12.1 Å². The van der Waals surface area contributed by atoms with Crippen LogP contribution in [0.5, 0.6) is 5.75 Å². The molecule has 2 N–H and O–H groups in total. The van der Waals surface area contributed by atoms with E-state index in [1.54, 1.807) is 14.0 Å². The molecule has 1 amide bonds. The molecule has 0 spiro atoms. The molecule has 0 bridgehead atoms. The first kappa shape index (κ1) is 13.9. The van der Waals surface area contributed by atoms with Gasteiger partial charge in [0, 0.05) is 13.5 Å². The Kier molecular flexibility index (Phi) is 4.43. The lowest BCUT2D eigenvalue weighted by Crippen LogP contribution is -2.30. The normalized spacial score (nSPS) is 18.7. The number of benzene rings is 1. The Labute approximate surface area is 114 Å². The fourth-order valence-corrected chi connectivity index (χ4v) is 2.84. The molecule has 0 aromatic heterocycles. The van der Waals surface area contributed by atoms with Crippen molar-refractivity contribution in [3.63, 3.8) is 0 Å². The van der Waals surface area contributed by atoms with Gasteiger partial charge in [-0.25, -0.2) is 0 Å². The highest BCUT2D eigenvalue weighted by atomic mass is 16.5. The second-order valence-electron chi connectivity index (χ2n) is 5.07. The van der Waals surface area contributed by atoms with Crippen molar-refractivity contribution < 1.29 is 9.53 Å². The van der Waals surface area contributed by atoms with Gasteiger partial charge < -0.3 is 15.4 Å². The lowest BCUT2D eigenvalue weighted by molar-refractivity contribution is -0.116. The van der Waals surface area contributed by atoms with E-state index in [0.29, 0.717) is 12.5 Å². The molecule has 1 aromatic rings. The molecule has 104 valence electrons. The van der Waals surface area contributed by atoms with Crippen LogP contribution in [-0.4, -0.2) is 26.1 Å². The fraction of sp³-hybridized carbons (Fsp3) is 0.533. The zero-order valence-corrected chi connectivity index (χ0v) is 11.7. The minimum atomic E-state index is 0.0687. The molecule has 4 heteroatoms. The first-order chi connectivity index (χ1) is 9.17. The number of rotatable bonds is 3. The lowest BCUT2D eigenvalue weighted by Gasteiger charge is -2.23. The Balaban J connectivity index is 2.42. The van der Waals surface area contributed by atoms with Gasteiger partial charge in [-0.15, -0.1) is 0 Å². The molecule has 0 saturated carbocycles.